The van der Waals surface area contributed by atoms with Crippen LogP contribution in [0.25, 0.3) is 0 Å². The van der Waals surface area contributed by atoms with Gasteiger partial charge in [0.15, 0.2) is 6.17 Å². The maximum absolute atomic E-state index is 12.8. The van der Waals surface area contributed by atoms with Gasteiger partial charge in [0.25, 0.3) is 5.56 Å². The molecule has 28 heavy (non-hydrogen) atoms. The van der Waals surface area contributed by atoms with Gasteiger partial charge in [0.2, 0.25) is 0 Å². The van der Waals surface area contributed by atoms with Gasteiger partial charge in [-0.15, -0.1) is 5.92 Å². The quantitative estimate of drug-likeness (QED) is 0.594. The molecule has 0 aliphatic carbocycles. The molecular formula is C17H18F3N5O3. The minimum Gasteiger partial charge on any atom is -0.330 e. The number of hydrogen-bond acceptors (Lipinski definition) is 7. The molecule has 1 unspecified atom stereocenters. The molecule has 3 heterocycles. The molecule has 1 aromatic rings. The molecule has 2 aliphatic heterocycles. The van der Waals surface area contributed by atoms with Crippen molar-refractivity contribution in [1.82, 2.24) is 15.1 Å². The lowest BCUT2D eigenvalue weighted by molar-refractivity contribution is -0.201. The normalized spacial score (nSPS) is 18.9. The van der Waals surface area contributed by atoms with Crippen LogP contribution in [0.3, 0.4) is 0 Å². The number of fused-ring (bicyclic) bond motifs is 1. The zero-order chi connectivity index (χ0) is 20.5. The second-order valence-corrected chi connectivity index (χ2v) is 6.17. The molecule has 0 spiro atoms. The van der Waals surface area contributed by atoms with Crippen molar-refractivity contribution in [2.75, 3.05) is 29.6 Å². The molecular weight excluding hydrogens is 379 g/mol. The third-order valence-corrected chi connectivity index (χ3v) is 4.40. The van der Waals surface area contributed by atoms with E-state index in [9.17, 15) is 22.8 Å². The van der Waals surface area contributed by atoms with Gasteiger partial charge in [-0.25, -0.2) is 9.48 Å². The first-order chi connectivity index (χ1) is 13.3. The van der Waals surface area contributed by atoms with Crippen molar-refractivity contribution in [2.24, 2.45) is 7.05 Å². The molecule has 0 saturated heterocycles. The number of carbonyl (C=O) groups excluding carboxylic acids is 1. The highest BCUT2D eigenvalue weighted by Crippen LogP contribution is 2.40. The van der Waals surface area contributed by atoms with E-state index in [4.69, 9.17) is 4.84 Å². The molecule has 1 atom stereocenters. The van der Waals surface area contributed by atoms with E-state index in [1.165, 1.54) is 18.1 Å². The van der Waals surface area contributed by atoms with E-state index >= 15 is 0 Å². The van der Waals surface area contributed by atoms with Gasteiger partial charge in [-0.3, -0.25) is 4.79 Å². The van der Waals surface area contributed by atoms with E-state index in [0.29, 0.717) is 25.1 Å². The summed E-state index contributed by atoms with van der Waals surface area (Å²) in [6.45, 7) is 2.79. The second kappa shape index (κ2) is 7.55. The highest BCUT2D eigenvalue weighted by molar-refractivity contribution is 5.82. The standard InChI is InChI=1S/C17H18F3N5O3/c1-3-4-9-24-13-12(10-22-23(2)15(13)26)25(28-16(27)17(18,19)20)14(24)11-5-7-21-8-6-11/h5,10,14,21H,6-9H2,1-2H3. The maximum Gasteiger partial charge on any atom is 0.493 e. The molecule has 0 radical (unpaired) electrons. The third-order valence-electron chi connectivity index (χ3n) is 4.40. The first-order valence-corrected chi connectivity index (χ1v) is 8.46. The van der Waals surface area contributed by atoms with Crippen LogP contribution in [0.2, 0.25) is 0 Å². The fourth-order valence-corrected chi connectivity index (χ4v) is 3.12. The Hall–Kier alpha value is -3.00. The predicted octanol–water partition coefficient (Wildman–Crippen LogP) is 0.696. The average molecular weight is 397 g/mol. The van der Waals surface area contributed by atoms with Crippen molar-refractivity contribution < 1.29 is 22.8 Å². The fraction of sp³-hybridized carbons (Fsp3) is 0.471. The van der Waals surface area contributed by atoms with E-state index < -0.39 is 23.9 Å². The molecule has 11 heteroatoms. The van der Waals surface area contributed by atoms with Gasteiger partial charge in [0.05, 0.1) is 12.7 Å². The van der Waals surface area contributed by atoms with E-state index in [-0.39, 0.29) is 17.9 Å². The van der Waals surface area contributed by atoms with Gasteiger partial charge in [-0.1, -0.05) is 12.0 Å². The lowest BCUT2D eigenvalue weighted by Crippen LogP contribution is -2.49. The first kappa shape index (κ1) is 19.8. The molecule has 0 aromatic carbocycles. The Labute approximate surface area is 158 Å². The van der Waals surface area contributed by atoms with Crippen LogP contribution in [-0.4, -0.2) is 47.7 Å². The van der Waals surface area contributed by atoms with Crippen LogP contribution in [-0.2, 0) is 16.7 Å². The number of nitrogens with zero attached hydrogens (tertiary/aromatic N) is 4. The molecule has 3 rings (SSSR count). The topological polar surface area (TPSA) is 79.7 Å². The summed E-state index contributed by atoms with van der Waals surface area (Å²) in [6.07, 6.45) is -2.59. The molecule has 0 fully saturated rings. The van der Waals surface area contributed by atoms with Gasteiger partial charge in [-0.05, 0) is 25.5 Å². The molecule has 2 aliphatic rings. The highest BCUT2D eigenvalue weighted by atomic mass is 19.4. The van der Waals surface area contributed by atoms with Gasteiger partial charge >= 0.3 is 12.1 Å². The molecule has 0 amide bonds. The number of rotatable bonds is 3. The Morgan fingerprint density at radius 1 is 1.46 bits per heavy atom. The zero-order valence-electron chi connectivity index (χ0n) is 15.2. The summed E-state index contributed by atoms with van der Waals surface area (Å²) in [5, 5.41) is 7.78. The molecule has 0 bridgehead atoms. The molecule has 8 nitrogen and oxygen atoms in total. The molecule has 1 aromatic heterocycles. The van der Waals surface area contributed by atoms with Crippen molar-refractivity contribution in [2.45, 2.75) is 25.7 Å². The second-order valence-electron chi connectivity index (χ2n) is 6.17. The first-order valence-electron chi connectivity index (χ1n) is 8.46. The van der Waals surface area contributed by atoms with Crippen molar-refractivity contribution in [3.63, 3.8) is 0 Å². The minimum atomic E-state index is -5.18. The lowest BCUT2D eigenvalue weighted by Gasteiger charge is -2.33. The summed E-state index contributed by atoms with van der Waals surface area (Å²) < 4.78 is 39.6. The van der Waals surface area contributed by atoms with E-state index in [1.54, 1.807) is 13.0 Å². The fourth-order valence-electron chi connectivity index (χ4n) is 3.12. The van der Waals surface area contributed by atoms with Gasteiger partial charge < -0.3 is 15.1 Å². The number of aromatic nitrogens is 2. The van der Waals surface area contributed by atoms with E-state index in [2.05, 4.69) is 22.3 Å². The van der Waals surface area contributed by atoms with Crippen LogP contribution in [0, 0.1) is 11.8 Å². The van der Waals surface area contributed by atoms with E-state index in [0.717, 1.165) is 9.75 Å². The molecule has 0 saturated carbocycles. The maximum atomic E-state index is 12.8. The van der Waals surface area contributed by atoms with Crippen molar-refractivity contribution in [3.8, 4) is 11.8 Å². The Morgan fingerprint density at radius 3 is 2.82 bits per heavy atom. The predicted molar refractivity (Wildman–Crippen MR) is 94.3 cm³/mol. The smallest absolute Gasteiger partial charge is 0.330 e. The van der Waals surface area contributed by atoms with Crippen molar-refractivity contribution in [3.05, 3.63) is 28.2 Å². The number of hydrogen-bond donors (Lipinski definition) is 1. The number of carbonyl (C=O) groups is 1. The summed E-state index contributed by atoms with van der Waals surface area (Å²) in [7, 11) is 1.43. The Bertz CT molecular complexity index is 929. The number of halogens is 3. The average Bonchev–Trinajstić information content (AvgIpc) is 2.96. The number of nitrogens with one attached hydrogen (secondary N) is 1. The number of hydroxylamine groups is 1. The number of alkyl halides is 3. The zero-order valence-corrected chi connectivity index (χ0v) is 15.2. The van der Waals surface area contributed by atoms with Gasteiger partial charge in [-0.2, -0.15) is 23.3 Å². The van der Waals surface area contributed by atoms with Crippen LogP contribution in [0.4, 0.5) is 24.5 Å². The van der Waals surface area contributed by atoms with Gasteiger partial charge in [0.1, 0.15) is 11.4 Å². The minimum absolute atomic E-state index is 0.0111. The Balaban J connectivity index is 2.14. The van der Waals surface area contributed by atoms with Crippen LogP contribution < -0.4 is 20.8 Å². The summed E-state index contributed by atoms with van der Waals surface area (Å²) in [5.74, 6) is 3.16. The number of aryl methyl sites for hydroxylation is 1. The Morgan fingerprint density at radius 2 is 2.21 bits per heavy atom. The number of anilines is 2. The summed E-state index contributed by atoms with van der Waals surface area (Å²) in [5.41, 5.74) is 0.257. The SMILES string of the molecule is CC#CCN1c2c(cnn(C)c2=O)N(OC(=O)C(F)(F)F)C1C1=CCNCC1. The largest absolute Gasteiger partial charge is 0.493 e. The molecule has 1 N–H and O–H groups in total. The van der Waals surface area contributed by atoms with Crippen molar-refractivity contribution >= 4 is 17.3 Å². The van der Waals surface area contributed by atoms with Crippen LogP contribution in [0.1, 0.15) is 13.3 Å². The summed E-state index contributed by atoms with van der Waals surface area (Å²) in [6, 6.07) is 0. The summed E-state index contributed by atoms with van der Waals surface area (Å²) in [4.78, 5) is 30.5. The Kier molecular flexibility index (Phi) is 5.33. The monoisotopic (exact) mass is 397 g/mol. The molecule has 150 valence electrons. The summed E-state index contributed by atoms with van der Waals surface area (Å²) >= 11 is 0. The van der Waals surface area contributed by atoms with Crippen LogP contribution in [0.15, 0.2) is 22.6 Å². The van der Waals surface area contributed by atoms with Crippen LogP contribution >= 0.6 is 0 Å². The van der Waals surface area contributed by atoms with Gasteiger partial charge in [0, 0.05) is 13.6 Å². The van der Waals surface area contributed by atoms with E-state index in [1.807, 2.05) is 0 Å². The third kappa shape index (κ3) is 3.55. The van der Waals surface area contributed by atoms with Crippen molar-refractivity contribution in [1.29, 1.82) is 0 Å². The highest BCUT2D eigenvalue weighted by Gasteiger charge is 2.48. The lowest BCUT2D eigenvalue weighted by atomic mass is 10.1. The van der Waals surface area contributed by atoms with Crippen LogP contribution in [0.5, 0.6) is 0 Å².